The number of hydrogen-bond donors (Lipinski definition) is 2. The van der Waals surface area contributed by atoms with E-state index in [1.54, 1.807) is 19.4 Å². The first-order chi connectivity index (χ1) is 13.2. The van der Waals surface area contributed by atoms with Gasteiger partial charge in [0.1, 0.15) is 0 Å². The van der Waals surface area contributed by atoms with Gasteiger partial charge in [-0.1, -0.05) is 6.07 Å². The third-order valence-electron chi connectivity index (χ3n) is 5.25. The number of thioether (sulfide) groups is 1. The summed E-state index contributed by atoms with van der Waals surface area (Å²) in [6.45, 7) is 5.95. The lowest BCUT2D eigenvalue weighted by Gasteiger charge is -2.38. The van der Waals surface area contributed by atoms with Gasteiger partial charge in [0.05, 0.1) is 11.4 Å². The SMILES string of the molecule is CNC(=O)c1cnc(N2CCN(C(C)c3ccc4c(c3)NCS4)CC2)nc1. The number of benzene rings is 1. The normalized spacial score (nSPS) is 17.9. The molecule has 0 spiro atoms. The molecule has 0 radical (unpaired) electrons. The van der Waals surface area contributed by atoms with Crippen molar-refractivity contribution < 1.29 is 4.79 Å². The second kappa shape index (κ2) is 7.74. The molecule has 7 nitrogen and oxygen atoms in total. The molecule has 1 amide bonds. The van der Waals surface area contributed by atoms with E-state index in [0.717, 1.165) is 32.1 Å². The maximum Gasteiger partial charge on any atom is 0.254 e. The number of fused-ring (bicyclic) bond motifs is 1. The van der Waals surface area contributed by atoms with E-state index in [1.807, 2.05) is 11.8 Å². The summed E-state index contributed by atoms with van der Waals surface area (Å²) in [5.74, 6) is 1.49. The van der Waals surface area contributed by atoms with Crippen molar-refractivity contribution in [3.05, 3.63) is 41.7 Å². The number of anilines is 2. The maximum absolute atomic E-state index is 11.6. The summed E-state index contributed by atoms with van der Waals surface area (Å²) < 4.78 is 0. The molecule has 0 saturated carbocycles. The lowest BCUT2D eigenvalue weighted by Crippen LogP contribution is -2.47. The Morgan fingerprint density at radius 1 is 1.22 bits per heavy atom. The maximum atomic E-state index is 11.6. The Morgan fingerprint density at radius 3 is 2.67 bits per heavy atom. The minimum atomic E-state index is -0.164. The molecule has 2 aliphatic rings. The number of carbonyl (C=O) groups excluding carboxylic acids is 1. The zero-order valence-corrected chi connectivity index (χ0v) is 16.4. The molecule has 1 fully saturated rings. The van der Waals surface area contributed by atoms with Gasteiger partial charge in [0.15, 0.2) is 0 Å². The molecule has 0 bridgehead atoms. The molecule has 142 valence electrons. The molecule has 8 heteroatoms. The van der Waals surface area contributed by atoms with Gasteiger partial charge in [0.2, 0.25) is 5.95 Å². The highest BCUT2D eigenvalue weighted by Crippen LogP contribution is 2.36. The van der Waals surface area contributed by atoms with Gasteiger partial charge < -0.3 is 15.5 Å². The molecule has 0 aliphatic carbocycles. The Hall–Kier alpha value is -2.32. The average Bonchev–Trinajstić information content (AvgIpc) is 3.21. The van der Waals surface area contributed by atoms with Crippen LogP contribution in [-0.2, 0) is 0 Å². The van der Waals surface area contributed by atoms with Crippen molar-refractivity contribution in [1.29, 1.82) is 0 Å². The van der Waals surface area contributed by atoms with Crippen molar-refractivity contribution >= 4 is 29.3 Å². The molecular weight excluding hydrogens is 360 g/mol. The van der Waals surface area contributed by atoms with Crippen molar-refractivity contribution in [2.24, 2.45) is 0 Å². The van der Waals surface area contributed by atoms with Crippen molar-refractivity contribution in [2.75, 3.05) is 49.3 Å². The summed E-state index contributed by atoms with van der Waals surface area (Å²) in [6, 6.07) is 7.13. The molecule has 2 N–H and O–H groups in total. The van der Waals surface area contributed by atoms with E-state index >= 15 is 0 Å². The van der Waals surface area contributed by atoms with Crippen molar-refractivity contribution in [3.63, 3.8) is 0 Å². The quantitative estimate of drug-likeness (QED) is 0.837. The predicted octanol–water partition coefficient (Wildman–Crippen LogP) is 2.19. The Labute approximate surface area is 163 Å². The Balaban J connectivity index is 1.37. The van der Waals surface area contributed by atoms with Crippen LogP contribution in [0.25, 0.3) is 0 Å². The van der Waals surface area contributed by atoms with Gasteiger partial charge in [-0.3, -0.25) is 9.69 Å². The van der Waals surface area contributed by atoms with Crippen LogP contribution in [0.1, 0.15) is 28.9 Å². The van der Waals surface area contributed by atoms with E-state index in [1.165, 1.54) is 16.1 Å². The standard InChI is InChI=1S/C19H24N6OS/c1-13(14-3-4-17-16(9-14)23-12-27-17)24-5-7-25(8-6-24)19-21-10-15(11-22-19)18(26)20-2/h3-4,9-11,13,23H,5-8,12H2,1-2H3,(H,20,26). The summed E-state index contributed by atoms with van der Waals surface area (Å²) in [4.78, 5) is 26.4. The van der Waals surface area contributed by atoms with Crippen LogP contribution in [0.3, 0.4) is 0 Å². The molecule has 4 rings (SSSR count). The van der Waals surface area contributed by atoms with Crippen LogP contribution in [0.2, 0.25) is 0 Å². The van der Waals surface area contributed by atoms with Gasteiger partial charge >= 0.3 is 0 Å². The van der Waals surface area contributed by atoms with Crippen molar-refractivity contribution in [1.82, 2.24) is 20.2 Å². The van der Waals surface area contributed by atoms with Gasteiger partial charge in [-0.2, -0.15) is 0 Å². The zero-order chi connectivity index (χ0) is 18.8. The Kier molecular flexibility index (Phi) is 5.18. The van der Waals surface area contributed by atoms with Crippen LogP contribution in [0.15, 0.2) is 35.5 Å². The lowest BCUT2D eigenvalue weighted by atomic mass is 10.1. The molecular formula is C19H24N6OS. The first-order valence-electron chi connectivity index (χ1n) is 9.19. The first kappa shape index (κ1) is 18.1. The molecule has 1 saturated heterocycles. The molecule has 3 heterocycles. The van der Waals surface area contributed by atoms with Crippen LogP contribution in [0.5, 0.6) is 0 Å². The summed E-state index contributed by atoms with van der Waals surface area (Å²) in [5.41, 5.74) is 3.09. The molecule has 2 aliphatic heterocycles. The van der Waals surface area contributed by atoms with Gasteiger partial charge in [-0.05, 0) is 24.6 Å². The predicted molar refractivity (Wildman–Crippen MR) is 108 cm³/mol. The van der Waals surface area contributed by atoms with Gasteiger partial charge in [0, 0.05) is 62.2 Å². The number of hydrogen-bond acceptors (Lipinski definition) is 7. The third-order valence-corrected chi connectivity index (χ3v) is 6.20. The summed E-state index contributed by atoms with van der Waals surface area (Å²) >= 11 is 1.86. The second-order valence-electron chi connectivity index (χ2n) is 6.77. The monoisotopic (exact) mass is 384 g/mol. The van der Waals surface area contributed by atoms with E-state index in [0.29, 0.717) is 17.6 Å². The van der Waals surface area contributed by atoms with E-state index in [4.69, 9.17) is 0 Å². The van der Waals surface area contributed by atoms with E-state index in [2.05, 4.69) is 55.5 Å². The minimum Gasteiger partial charge on any atom is -0.375 e. The van der Waals surface area contributed by atoms with E-state index in [9.17, 15) is 4.79 Å². The molecule has 2 aromatic rings. The number of rotatable bonds is 4. The second-order valence-corrected chi connectivity index (χ2v) is 7.79. The topological polar surface area (TPSA) is 73.4 Å². The number of carbonyl (C=O) groups is 1. The van der Waals surface area contributed by atoms with E-state index < -0.39 is 0 Å². The minimum absolute atomic E-state index is 0.164. The first-order valence-corrected chi connectivity index (χ1v) is 10.2. The molecule has 27 heavy (non-hydrogen) atoms. The van der Waals surface area contributed by atoms with Crippen LogP contribution >= 0.6 is 11.8 Å². The summed E-state index contributed by atoms with van der Waals surface area (Å²) in [7, 11) is 1.60. The summed E-state index contributed by atoms with van der Waals surface area (Å²) in [5, 5.41) is 6.02. The fourth-order valence-corrected chi connectivity index (χ4v) is 4.36. The van der Waals surface area contributed by atoms with Crippen molar-refractivity contribution in [3.8, 4) is 0 Å². The number of piperazine rings is 1. The van der Waals surface area contributed by atoms with Crippen LogP contribution in [0.4, 0.5) is 11.6 Å². The smallest absolute Gasteiger partial charge is 0.254 e. The van der Waals surface area contributed by atoms with E-state index in [-0.39, 0.29) is 5.91 Å². The number of amides is 1. The van der Waals surface area contributed by atoms with Crippen LogP contribution in [-0.4, -0.2) is 59.9 Å². The number of nitrogens with zero attached hydrogens (tertiary/aromatic N) is 4. The highest BCUT2D eigenvalue weighted by atomic mass is 32.2. The Bertz CT molecular complexity index is 819. The number of aromatic nitrogens is 2. The van der Waals surface area contributed by atoms with Gasteiger partial charge in [-0.15, -0.1) is 11.8 Å². The largest absolute Gasteiger partial charge is 0.375 e. The Morgan fingerprint density at radius 2 is 1.96 bits per heavy atom. The van der Waals surface area contributed by atoms with Crippen molar-refractivity contribution in [2.45, 2.75) is 17.9 Å². The zero-order valence-electron chi connectivity index (χ0n) is 15.6. The van der Waals surface area contributed by atoms with Gasteiger partial charge in [0.25, 0.3) is 5.91 Å². The highest BCUT2D eigenvalue weighted by Gasteiger charge is 2.24. The van der Waals surface area contributed by atoms with Crippen LogP contribution in [0, 0.1) is 0 Å². The fraction of sp³-hybridized carbons (Fsp3) is 0.421. The molecule has 1 aromatic heterocycles. The lowest BCUT2D eigenvalue weighted by molar-refractivity contribution is 0.0962. The average molecular weight is 385 g/mol. The van der Waals surface area contributed by atoms with Crippen LogP contribution < -0.4 is 15.5 Å². The summed E-state index contributed by atoms with van der Waals surface area (Å²) in [6.07, 6.45) is 3.18. The fourth-order valence-electron chi connectivity index (χ4n) is 3.53. The third kappa shape index (κ3) is 3.72. The molecule has 1 atom stereocenters. The molecule has 1 aromatic carbocycles. The highest BCUT2D eigenvalue weighted by molar-refractivity contribution is 7.99. The van der Waals surface area contributed by atoms with Gasteiger partial charge in [-0.25, -0.2) is 9.97 Å². The number of nitrogens with one attached hydrogen (secondary N) is 2. The molecule has 1 unspecified atom stereocenters.